The monoisotopic (exact) mass is 476 g/mol. The smallest absolute Gasteiger partial charge is 0.258 e. The van der Waals surface area contributed by atoms with E-state index in [1.807, 2.05) is 24.3 Å². The van der Waals surface area contributed by atoms with Crippen molar-refractivity contribution in [1.29, 1.82) is 0 Å². The SMILES string of the molecule is Cc1nc(-c2c(Cl)c3ccccc3n2-c2ccc(C(O)(C(N)=O)c3ccccc3)c(F)c2)no1. The van der Waals surface area contributed by atoms with E-state index < -0.39 is 17.3 Å². The Morgan fingerprint density at radius 1 is 1.12 bits per heavy atom. The molecular formula is C25H18ClFN4O3. The minimum atomic E-state index is -2.35. The van der Waals surface area contributed by atoms with E-state index in [-0.39, 0.29) is 17.0 Å². The first kappa shape index (κ1) is 21.8. The topological polar surface area (TPSA) is 107 Å². The highest BCUT2D eigenvalue weighted by Gasteiger charge is 2.40. The molecule has 3 N–H and O–H groups in total. The highest BCUT2D eigenvalue weighted by molar-refractivity contribution is 6.38. The Balaban J connectivity index is 1.74. The van der Waals surface area contributed by atoms with Crippen molar-refractivity contribution in [1.82, 2.24) is 14.7 Å². The molecule has 5 rings (SSSR count). The van der Waals surface area contributed by atoms with Crippen molar-refractivity contribution in [3.8, 4) is 17.2 Å². The molecule has 0 radical (unpaired) electrons. The standard InChI is InChI=1S/C25H18ClFN4O3/c1-14-29-23(30-34-14)22-21(26)17-9-5-6-10-20(17)31(22)16-11-12-18(19(27)13-16)25(33,24(28)32)15-7-3-2-4-8-15/h2-13,33H,1H3,(H2,28,32). The van der Waals surface area contributed by atoms with Crippen molar-refractivity contribution in [3.05, 3.63) is 101 Å². The Labute approximate surface area is 198 Å². The van der Waals surface area contributed by atoms with Crippen molar-refractivity contribution in [3.63, 3.8) is 0 Å². The van der Waals surface area contributed by atoms with Gasteiger partial charge in [0.1, 0.15) is 11.5 Å². The van der Waals surface area contributed by atoms with Crippen LogP contribution in [0.25, 0.3) is 28.1 Å². The molecule has 34 heavy (non-hydrogen) atoms. The summed E-state index contributed by atoms with van der Waals surface area (Å²) in [6.45, 7) is 1.65. The van der Waals surface area contributed by atoms with E-state index >= 15 is 4.39 Å². The van der Waals surface area contributed by atoms with Gasteiger partial charge < -0.3 is 19.9 Å². The number of aryl methyl sites for hydroxylation is 1. The zero-order chi connectivity index (χ0) is 24.0. The summed E-state index contributed by atoms with van der Waals surface area (Å²) in [6, 6.07) is 19.4. The highest BCUT2D eigenvalue weighted by Crippen LogP contribution is 2.40. The normalized spacial score (nSPS) is 13.2. The number of hydrogen-bond donors (Lipinski definition) is 2. The number of carbonyl (C=O) groups is 1. The summed E-state index contributed by atoms with van der Waals surface area (Å²) in [5, 5.41) is 16.3. The van der Waals surface area contributed by atoms with E-state index in [4.69, 9.17) is 21.9 Å². The molecule has 0 saturated heterocycles. The molecule has 0 spiro atoms. The Hall–Kier alpha value is -4.01. The maximum Gasteiger partial charge on any atom is 0.258 e. The molecule has 1 amide bonds. The van der Waals surface area contributed by atoms with Gasteiger partial charge in [-0.1, -0.05) is 71.4 Å². The lowest BCUT2D eigenvalue weighted by atomic mass is 9.85. The predicted molar refractivity (Wildman–Crippen MR) is 125 cm³/mol. The van der Waals surface area contributed by atoms with Crippen LogP contribution >= 0.6 is 11.6 Å². The third-order valence-corrected chi connectivity index (χ3v) is 6.08. The largest absolute Gasteiger partial charge is 0.372 e. The predicted octanol–water partition coefficient (Wildman–Crippen LogP) is 4.50. The fourth-order valence-corrected chi connectivity index (χ4v) is 4.44. The first-order chi connectivity index (χ1) is 16.3. The number of fused-ring (bicyclic) bond motifs is 1. The quantitative estimate of drug-likeness (QED) is 0.388. The number of amides is 1. The molecule has 7 nitrogen and oxygen atoms in total. The lowest BCUT2D eigenvalue weighted by Gasteiger charge is -2.26. The van der Waals surface area contributed by atoms with Crippen molar-refractivity contribution in [2.24, 2.45) is 5.73 Å². The molecule has 0 aliphatic heterocycles. The molecule has 170 valence electrons. The fraction of sp³-hybridized carbons (Fsp3) is 0.0800. The van der Waals surface area contributed by atoms with Crippen LogP contribution < -0.4 is 5.73 Å². The van der Waals surface area contributed by atoms with Gasteiger partial charge in [-0.15, -0.1) is 0 Å². The highest BCUT2D eigenvalue weighted by atomic mass is 35.5. The number of aliphatic hydroxyl groups is 1. The van der Waals surface area contributed by atoms with Crippen LogP contribution in [-0.2, 0) is 10.4 Å². The van der Waals surface area contributed by atoms with Crippen LogP contribution in [0.3, 0.4) is 0 Å². The summed E-state index contributed by atoms with van der Waals surface area (Å²) < 4.78 is 22.4. The molecule has 0 saturated carbocycles. The Kier molecular flexibility index (Phi) is 5.19. The van der Waals surface area contributed by atoms with E-state index in [0.717, 1.165) is 0 Å². The van der Waals surface area contributed by atoms with Crippen LogP contribution in [-0.4, -0.2) is 25.7 Å². The fourth-order valence-electron chi connectivity index (χ4n) is 4.11. The number of benzene rings is 3. The van der Waals surface area contributed by atoms with Gasteiger partial charge in [0.25, 0.3) is 5.91 Å². The second kappa shape index (κ2) is 8.09. The van der Waals surface area contributed by atoms with Gasteiger partial charge >= 0.3 is 0 Å². The second-order valence-electron chi connectivity index (χ2n) is 7.76. The number of aromatic nitrogens is 3. The number of primary amides is 1. The van der Waals surface area contributed by atoms with Gasteiger partial charge in [-0.2, -0.15) is 4.98 Å². The van der Waals surface area contributed by atoms with Gasteiger partial charge in [0.15, 0.2) is 5.60 Å². The molecule has 0 fully saturated rings. The van der Waals surface area contributed by atoms with Crippen LogP contribution in [0.2, 0.25) is 5.02 Å². The number of para-hydroxylation sites is 1. The van der Waals surface area contributed by atoms with Crippen LogP contribution in [0.5, 0.6) is 0 Å². The zero-order valence-corrected chi connectivity index (χ0v) is 18.6. The number of carbonyl (C=O) groups excluding carboxylic acids is 1. The Bertz CT molecular complexity index is 1550. The molecule has 5 aromatic rings. The van der Waals surface area contributed by atoms with Crippen molar-refractivity contribution in [2.75, 3.05) is 0 Å². The van der Waals surface area contributed by atoms with Gasteiger partial charge in [0, 0.05) is 23.6 Å². The Morgan fingerprint density at radius 2 is 1.82 bits per heavy atom. The van der Waals surface area contributed by atoms with E-state index in [9.17, 15) is 9.90 Å². The van der Waals surface area contributed by atoms with E-state index in [0.29, 0.717) is 33.2 Å². The maximum atomic E-state index is 15.6. The number of nitrogens with zero attached hydrogens (tertiary/aromatic N) is 3. The molecule has 0 aliphatic carbocycles. The summed E-state index contributed by atoms with van der Waals surface area (Å²) in [5.41, 5.74) is 4.54. The summed E-state index contributed by atoms with van der Waals surface area (Å²) in [5.74, 6) is -1.34. The van der Waals surface area contributed by atoms with Crippen molar-refractivity contribution < 1.29 is 18.8 Å². The van der Waals surface area contributed by atoms with Crippen LogP contribution in [0, 0.1) is 12.7 Å². The number of nitrogens with two attached hydrogens (primary N) is 1. The third-order valence-electron chi connectivity index (χ3n) is 5.70. The number of hydrogen-bond acceptors (Lipinski definition) is 5. The molecule has 0 bridgehead atoms. The first-order valence-electron chi connectivity index (χ1n) is 10.3. The minimum Gasteiger partial charge on any atom is -0.372 e. The van der Waals surface area contributed by atoms with Gasteiger partial charge in [0.2, 0.25) is 11.7 Å². The van der Waals surface area contributed by atoms with Crippen molar-refractivity contribution in [2.45, 2.75) is 12.5 Å². The lowest BCUT2D eigenvalue weighted by Crippen LogP contribution is -2.42. The molecule has 2 heterocycles. The van der Waals surface area contributed by atoms with Gasteiger partial charge in [0.05, 0.1) is 10.5 Å². The minimum absolute atomic E-state index is 0.159. The maximum absolute atomic E-state index is 15.6. The molecule has 2 aromatic heterocycles. The number of halogens is 2. The van der Waals surface area contributed by atoms with Gasteiger partial charge in [-0.25, -0.2) is 4.39 Å². The van der Waals surface area contributed by atoms with Crippen LogP contribution in [0.1, 0.15) is 17.0 Å². The summed E-state index contributed by atoms with van der Waals surface area (Å²) in [6.07, 6.45) is 0. The lowest BCUT2D eigenvalue weighted by molar-refractivity contribution is -0.133. The Morgan fingerprint density at radius 3 is 2.47 bits per heavy atom. The van der Waals surface area contributed by atoms with E-state index in [2.05, 4.69) is 10.1 Å². The second-order valence-corrected chi connectivity index (χ2v) is 8.13. The molecule has 3 aromatic carbocycles. The van der Waals surface area contributed by atoms with Crippen LogP contribution in [0.4, 0.5) is 4.39 Å². The third kappa shape index (κ3) is 3.27. The molecular weight excluding hydrogens is 459 g/mol. The zero-order valence-electron chi connectivity index (χ0n) is 17.9. The summed E-state index contributed by atoms with van der Waals surface area (Å²) in [4.78, 5) is 16.6. The molecule has 9 heteroatoms. The summed E-state index contributed by atoms with van der Waals surface area (Å²) in [7, 11) is 0. The van der Waals surface area contributed by atoms with E-state index in [1.165, 1.54) is 24.3 Å². The number of rotatable bonds is 5. The molecule has 1 unspecified atom stereocenters. The first-order valence-corrected chi connectivity index (χ1v) is 10.7. The molecule has 1 atom stereocenters. The molecule has 0 aliphatic rings. The van der Waals surface area contributed by atoms with Gasteiger partial charge in [-0.3, -0.25) is 4.79 Å². The van der Waals surface area contributed by atoms with Crippen molar-refractivity contribution >= 4 is 28.4 Å². The van der Waals surface area contributed by atoms with Crippen LogP contribution in [0.15, 0.2) is 77.3 Å². The average Bonchev–Trinajstić information content (AvgIpc) is 3.39. The van der Waals surface area contributed by atoms with Gasteiger partial charge in [-0.05, 0) is 23.8 Å². The summed E-state index contributed by atoms with van der Waals surface area (Å²) >= 11 is 6.68. The average molecular weight is 477 g/mol. The van der Waals surface area contributed by atoms with E-state index in [1.54, 1.807) is 35.8 Å².